The van der Waals surface area contributed by atoms with Crippen LogP contribution < -0.4 is 5.32 Å². The molecule has 2 N–H and O–H groups in total. The molecule has 0 radical (unpaired) electrons. The van der Waals surface area contributed by atoms with Crippen LogP contribution in [0.25, 0.3) is 0 Å². The minimum Gasteiger partial charge on any atom is -0.478 e. The number of nitrogens with one attached hydrogen (secondary N) is 1. The number of hydrogen-bond acceptors (Lipinski definition) is 5. The van der Waals surface area contributed by atoms with Gasteiger partial charge in [-0.3, -0.25) is 0 Å². The number of carboxylic acids is 1. The van der Waals surface area contributed by atoms with Gasteiger partial charge in [-0.25, -0.2) is 14.2 Å². The van der Waals surface area contributed by atoms with Crippen LogP contribution in [0.4, 0.5) is 10.2 Å². The molecular weight excluding hydrogens is 253 g/mol. The van der Waals surface area contributed by atoms with E-state index in [4.69, 9.17) is 9.84 Å². The summed E-state index contributed by atoms with van der Waals surface area (Å²) in [5.41, 5.74) is -0.167. The molecule has 1 rings (SSSR count). The van der Waals surface area contributed by atoms with Crippen molar-refractivity contribution in [3.05, 3.63) is 23.6 Å². The Kier molecular flexibility index (Phi) is 6.17. The van der Waals surface area contributed by atoms with Crippen molar-refractivity contribution < 1.29 is 19.0 Å². The normalized spacial score (nSPS) is 10.7. The van der Waals surface area contributed by atoms with Crippen LogP contribution in [0.3, 0.4) is 0 Å². The van der Waals surface area contributed by atoms with Gasteiger partial charge >= 0.3 is 5.97 Å². The molecule has 106 valence electrons. The molecule has 7 heteroatoms. The number of methoxy groups -OCH3 is 1. The summed E-state index contributed by atoms with van der Waals surface area (Å²) in [6.07, 6.45) is 0.989. The number of anilines is 1. The second-order valence-corrected chi connectivity index (χ2v) is 4.08. The van der Waals surface area contributed by atoms with Gasteiger partial charge in [-0.15, -0.1) is 0 Å². The van der Waals surface area contributed by atoms with E-state index in [2.05, 4.69) is 10.3 Å². The Morgan fingerprint density at radius 1 is 1.58 bits per heavy atom. The van der Waals surface area contributed by atoms with E-state index in [-0.39, 0.29) is 11.4 Å². The molecule has 0 saturated heterocycles. The zero-order valence-corrected chi connectivity index (χ0v) is 11.0. The predicted octanol–water partition coefficient (Wildman–Crippen LogP) is 0.909. The number of pyridine rings is 1. The van der Waals surface area contributed by atoms with Gasteiger partial charge in [-0.2, -0.15) is 0 Å². The topological polar surface area (TPSA) is 74.7 Å². The van der Waals surface area contributed by atoms with Gasteiger partial charge in [-0.05, 0) is 13.1 Å². The lowest BCUT2D eigenvalue weighted by Crippen LogP contribution is -2.28. The van der Waals surface area contributed by atoms with Gasteiger partial charge in [0.15, 0.2) is 0 Å². The maximum atomic E-state index is 12.9. The largest absolute Gasteiger partial charge is 0.478 e. The summed E-state index contributed by atoms with van der Waals surface area (Å²) >= 11 is 0. The maximum absolute atomic E-state index is 12.9. The van der Waals surface area contributed by atoms with Crippen LogP contribution in [0, 0.1) is 5.82 Å². The van der Waals surface area contributed by atoms with Crippen molar-refractivity contribution in [2.45, 2.75) is 0 Å². The summed E-state index contributed by atoms with van der Waals surface area (Å²) in [7, 11) is 3.56. The highest BCUT2D eigenvalue weighted by molar-refractivity contribution is 5.93. The van der Waals surface area contributed by atoms with Gasteiger partial charge in [0.05, 0.1) is 12.8 Å². The number of hydrogen-bond donors (Lipinski definition) is 2. The molecule has 0 atom stereocenters. The second kappa shape index (κ2) is 7.65. The molecule has 0 aliphatic heterocycles. The van der Waals surface area contributed by atoms with Crippen LogP contribution in [-0.4, -0.2) is 61.4 Å². The minimum absolute atomic E-state index is 0.167. The predicted molar refractivity (Wildman–Crippen MR) is 69.0 cm³/mol. The van der Waals surface area contributed by atoms with Crippen LogP contribution in [-0.2, 0) is 4.74 Å². The van der Waals surface area contributed by atoms with E-state index >= 15 is 0 Å². The van der Waals surface area contributed by atoms with E-state index in [9.17, 15) is 9.18 Å². The quantitative estimate of drug-likeness (QED) is 0.732. The number of likely N-dealkylation sites (N-methyl/N-ethyl adjacent to an activating group) is 1. The molecule has 0 aromatic carbocycles. The van der Waals surface area contributed by atoms with E-state index in [0.717, 1.165) is 18.8 Å². The fourth-order valence-electron chi connectivity index (χ4n) is 1.47. The van der Waals surface area contributed by atoms with Crippen molar-refractivity contribution in [2.24, 2.45) is 0 Å². The van der Waals surface area contributed by atoms with Crippen LogP contribution in [0.2, 0.25) is 0 Å². The van der Waals surface area contributed by atoms with Gasteiger partial charge in [0.1, 0.15) is 17.2 Å². The van der Waals surface area contributed by atoms with Crippen LogP contribution in [0.15, 0.2) is 12.3 Å². The molecule has 0 saturated carbocycles. The van der Waals surface area contributed by atoms with Gasteiger partial charge in [-0.1, -0.05) is 0 Å². The first-order chi connectivity index (χ1) is 9.04. The van der Waals surface area contributed by atoms with Crippen LogP contribution in [0.1, 0.15) is 10.4 Å². The number of ether oxygens (including phenoxy) is 1. The third kappa shape index (κ3) is 5.19. The summed E-state index contributed by atoms with van der Waals surface area (Å²) in [6, 6.07) is 0.951. The Balaban J connectivity index is 2.51. The van der Waals surface area contributed by atoms with Crippen molar-refractivity contribution >= 4 is 11.8 Å². The third-order valence-corrected chi connectivity index (χ3v) is 2.55. The first-order valence-electron chi connectivity index (χ1n) is 5.84. The molecule has 0 bridgehead atoms. The molecule has 0 amide bonds. The monoisotopic (exact) mass is 271 g/mol. The lowest BCUT2D eigenvalue weighted by Gasteiger charge is -2.16. The van der Waals surface area contributed by atoms with E-state index in [1.807, 2.05) is 11.9 Å². The lowest BCUT2D eigenvalue weighted by atomic mass is 10.2. The Bertz CT molecular complexity index is 429. The Morgan fingerprint density at radius 2 is 2.32 bits per heavy atom. The number of aromatic carboxylic acids is 1. The van der Waals surface area contributed by atoms with Gasteiger partial charge in [0, 0.05) is 26.7 Å². The standard InChI is InChI=1S/C12H18FN3O3/c1-16(5-6-19-2)4-3-14-11-10(12(17)18)7-9(13)8-15-11/h7-8H,3-6H2,1-2H3,(H,14,15)(H,17,18). The van der Waals surface area contributed by atoms with Crippen molar-refractivity contribution in [3.8, 4) is 0 Å². The minimum atomic E-state index is -1.21. The summed E-state index contributed by atoms with van der Waals surface area (Å²) in [5, 5.41) is 11.8. The summed E-state index contributed by atoms with van der Waals surface area (Å²) in [5.74, 6) is -1.70. The van der Waals surface area contributed by atoms with Crippen molar-refractivity contribution in [1.82, 2.24) is 9.88 Å². The number of aromatic nitrogens is 1. The van der Waals surface area contributed by atoms with E-state index in [0.29, 0.717) is 19.7 Å². The molecule has 1 aromatic rings. The zero-order chi connectivity index (χ0) is 14.3. The molecule has 6 nitrogen and oxygen atoms in total. The molecule has 0 fully saturated rings. The van der Waals surface area contributed by atoms with E-state index in [1.54, 1.807) is 7.11 Å². The molecule has 0 aliphatic carbocycles. The average molecular weight is 271 g/mol. The zero-order valence-electron chi connectivity index (χ0n) is 11.0. The molecule has 1 aromatic heterocycles. The van der Waals surface area contributed by atoms with E-state index < -0.39 is 11.8 Å². The molecule has 1 heterocycles. The van der Waals surface area contributed by atoms with Crippen molar-refractivity contribution in [2.75, 3.05) is 45.7 Å². The highest BCUT2D eigenvalue weighted by Crippen LogP contribution is 2.13. The number of carbonyl (C=O) groups is 1. The Labute approximate surface area is 111 Å². The van der Waals surface area contributed by atoms with Crippen molar-refractivity contribution in [3.63, 3.8) is 0 Å². The summed E-state index contributed by atoms with van der Waals surface area (Å²) in [4.78, 5) is 16.7. The fraction of sp³-hybridized carbons (Fsp3) is 0.500. The van der Waals surface area contributed by atoms with E-state index in [1.165, 1.54) is 0 Å². The summed E-state index contributed by atoms with van der Waals surface area (Å²) < 4.78 is 17.9. The highest BCUT2D eigenvalue weighted by atomic mass is 19.1. The van der Waals surface area contributed by atoms with Gasteiger partial charge in [0.25, 0.3) is 0 Å². The van der Waals surface area contributed by atoms with Crippen molar-refractivity contribution in [1.29, 1.82) is 0 Å². The second-order valence-electron chi connectivity index (χ2n) is 4.08. The fourth-order valence-corrected chi connectivity index (χ4v) is 1.47. The van der Waals surface area contributed by atoms with Crippen LogP contribution >= 0.6 is 0 Å². The molecule has 0 spiro atoms. The van der Waals surface area contributed by atoms with Crippen LogP contribution in [0.5, 0.6) is 0 Å². The number of rotatable bonds is 8. The number of halogens is 1. The summed E-state index contributed by atoms with van der Waals surface area (Å²) in [6.45, 7) is 2.62. The molecule has 0 unspecified atom stereocenters. The SMILES string of the molecule is COCCN(C)CCNc1ncc(F)cc1C(=O)O. The van der Waals surface area contributed by atoms with Gasteiger partial charge < -0.3 is 20.1 Å². The van der Waals surface area contributed by atoms with Gasteiger partial charge in [0.2, 0.25) is 0 Å². The Morgan fingerprint density at radius 3 is 2.95 bits per heavy atom. The highest BCUT2D eigenvalue weighted by Gasteiger charge is 2.12. The lowest BCUT2D eigenvalue weighted by molar-refractivity contribution is 0.0697. The molecule has 19 heavy (non-hydrogen) atoms. The first kappa shape index (κ1) is 15.3. The number of carboxylic acid groups (broad SMARTS) is 1. The molecular formula is C12H18FN3O3. The maximum Gasteiger partial charge on any atom is 0.339 e. The third-order valence-electron chi connectivity index (χ3n) is 2.55. The molecule has 0 aliphatic rings. The Hall–Kier alpha value is -1.73. The average Bonchev–Trinajstić information content (AvgIpc) is 2.37. The smallest absolute Gasteiger partial charge is 0.339 e. The first-order valence-corrected chi connectivity index (χ1v) is 5.84. The number of nitrogens with zero attached hydrogens (tertiary/aromatic N) is 2.